The smallest absolute Gasteiger partial charge is 0.318 e. The first-order chi connectivity index (χ1) is 15.0. The topological polar surface area (TPSA) is 55.7 Å². The standard InChI is InChI=1S/C27H31NO3/c1-4-27(5-2)23-13-9-8-12-21(23)22-15-14-20(17-24(22)27)26(30)25(28-31-18(3)29)16-19-10-6-7-11-19/h8-9,12-15,17,19H,4-7,10-11,16H2,1-3H3/b28-25+. The van der Waals surface area contributed by atoms with Gasteiger partial charge in [0.1, 0.15) is 5.71 Å². The molecule has 0 heterocycles. The molecule has 0 saturated heterocycles. The summed E-state index contributed by atoms with van der Waals surface area (Å²) in [7, 11) is 0. The fourth-order valence-electron chi connectivity index (χ4n) is 5.55. The van der Waals surface area contributed by atoms with Crippen LogP contribution in [0.4, 0.5) is 0 Å². The SMILES string of the molecule is CCC1(CC)c2ccccc2-c2ccc(C(=O)/C(CC3CCCC3)=N/OC(C)=O)cc21. The highest BCUT2D eigenvalue weighted by Crippen LogP contribution is 2.52. The number of benzene rings is 2. The average molecular weight is 418 g/mol. The zero-order valence-corrected chi connectivity index (χ0v) is 18.7. The van der Waals surface area contributed by atoms with Crippen LogP contribution in [0.5, 0.6) is 0 Å². The predicted molar refractivity (Wildman–Crippen MR) is 123 cm³/mol. The predicted octanol–water partition coefficient (Wildman–Crippen LogP) is 6.46. The van der Waals surface area contributed by atoms with Crippen LogP contribution in [0.25, 0.3) is 11.1 Å². The molecule has 4 nitrogen and oxygen atoms in total. The lowest BCUT2D eigenvalue weighted by molar-refractivity contribution is -0.140. The normalized spacial score (nSPS) is 17.3. The summed E-state index contributed by atoms with van der Waals surface area (Å²) < 4.78 is 0. The van der Waals surface area contributed by atoms with Gasteiger partial charge in [-0.1, -0.05) is 81.1 Å². The van der Waals surface area contributed by atoms with E-state index in [1.807, 2.05) is 6.07 Å². The van der Waals surface area contributed by atoms with Crippen molar-refractivity contribution in [2.45, 2.75) is 71.1 Å². The van der Waals surface area contributed by atoms with E-state index in [1.54, 1.807) is 0 Å². The first-order valence-electron chi connectivity index (χ1n) is 11.5. The van der Waals surface area contributed by atoms with Gasteiger partial charge in [-0.3, -0.25) is 4.79 Å². The molecule has 0 unspecified atom stereocenters. The number of rotatable bonds is 7. The fraction of sp³-hybridized carbons (Fsp3) is 0.444. The molecule has 0 amide bonds. The van der Waals surface area contributed by atoms with E-state index >= 15 is 0 Å². The molecule has 0 atom stereocenters. The highest BCUT2D eigenvalue weighted by molar-refractivity contribution is 6.46. The number of hydrogen-bond acceptors (Lipinski definition) is 4. The van der Waals surface area contributed by atoms with Crippen LogP contribution < -0.4 is 0 Å². The van der Waals surface area contributed by atoms with Crippen LogP contribution in [0, 0.1) is 5.92 Å². The van der Waals surface area contributed by atoms with Gasteiger partial charge in [0.05, 0.1) is 0 Å². The summed E-state index contributed by atoms with van der Waals surface area (Å²) >= 11 is 0. The Balaban J connectivity index is 1.73. The van der Waals surface area contributed by atoms with Gasteiger partial charge in [0.15, 0.2) is 0 Å². The lowest BCUT2D eigenvalue weighted by Crippen LogP contribution is -2.24. The Morgan fingerprint density at radius 3 is 2.35 bits per heavy atom. The van der Waals surface area contributed by atoms with Crippen molar-refractivity contribution in [3.63, 3.8) is 0 Å². The van der Waals surface area contributed by atoms with Gasteiger partial charge in [0, 0.05) is 17.9 Å². The van der Waals surface area contributed by atoms with Crippen molar-refractivity contribution in [2.75, 3.05) is 0 Å². The molecule has 2 aromatic rings. The molecule has 162 valence electrons. The molecular formula is C27H31NO3. The van der Waals surface area contributed by atoms with Crippen molar-refractivity contribution in [1.29, 1.82) is 0 Å². The Morgan fingerprint density at radius 2 is 1.68 bits per heavy atom. The van der Waals surface area contributed by atoms with E-state index in [4.69, 9.17) is 4.84 Å². The number of carbonyl (C=O) groups excluding carboxylic acids is 2. The van der Waals surface area contributed by atoms with Gasteiger partial charge < -0.3 is 4.84 Å². The van der Waals surface area contributed by atoms with Crippen molar-refractivity contribution >= 4 is 17.5 Å². The quantitative estimate of drug-likeness (QED) is 0.225. The summed E-state index contributed by atoms with van der Waals surface area (Å²) in [6.07, 6.45) is 7.08. The van der Waals surface area contributed by atoms with E-state index in [1.165, 1.54) is 42.0 Å². The third-order valence-electron chi connectivity index (χ3n) is 7.24. The third-order valence-corrected chi connectivity index (χ3v) is 7.24. The summed E-state index contributed by atoms with van der Waals surface area (Å²) in [6, 6.07) is 14.6. The van der Waals surface area contributed by atoms with Gasteiger partial charge in [-0.2, -0.15) is 0 Å². The molecule has 1 fully saturated rings. The Bertz CT molecular complexity index is 1030. The number of nitrogens with zero attached hydrogens (tertiary/aromatic N) is 1. The number of Topliss-reactive ketones (excluding diaryl/α,β-unsaturated/α-hetero) is 1. The van der Waals surface area contributed by atoms with Crippen LogP contribution in [0.2, 0.25) is 0 Å². The fourth-order valence-corrected chi connectivity index (χ4v) is 5.55. The van der Waals surface area contributed by atoms with E-state index in [0.29, 0.717) is 23.6 Å². The Kier molecular flexibility index (Phi) is 6.08. The average Bonchev–Trinajstić information content (AvgIpc) is 3.40. The highest BCUT2D eigenvalue weighted by atomic mass is 16.7. The number of fused-ring (bicyclic) bond motifs is 3. The number of carbonyl (C=O) groups is 2. The van der Waals surface area contributed by atoms with Crippen molar-refractivity contribution in [3.8, 4) is 11.1 Å². The van der Waals surface area contributed by atoms with Gasteiger partial charge in [0.25, 0.3) is 0 Å². The molecule has 0 radical (unpaired) electrons. The molecule has 2 aromatic carbocycles. The van der Waals surface area contributed by atoms with Crippen LogP contribution in [0.3, 0.4) is 0 Å². The van der Waals surface area contributed by atoms with Crippen molar-refractivity contribution in [3.05, 3.63) is 59.2 Å². The third kappa shape index (κ3) is 3.84. The molecule has 0 N–H and O–H groups in total. The van der Waals surface area contributed by atoms with Gasteiger partial charge >= 0.3 is 5.97 Å². The first kappa shape index (κ1) is 21.5. The minimum Gasteiger partial charge on any atom is -0.318 e. The second kappa shape index (κ2) is 8.78. The lowest BCUT2D eigenvalue weighted by atomic mass is 9.73. The second-order valence-electron chi connectivity index (χ2n) is 8.90. The van der Waals surface area contributed by atoms with E-state index < -0.39 is 5.97 Å². The molecule has 1 saturated carbocycles. The monoisotopic (exact) mass is 417 g/mol. The van der Waals surface area contributed by atoms with Crippen LogP contribution in [-0.4, -0.2) is 17.5 Å². The van der Waals surface area contributed by atoms with Crippen LogP contribution >= 0.6 is 0 Å². The van der Waals surface area contributed by atoms with Crippen molar-refractivity contribution in [1.82, 2.24) is 0 Å². The molecule has 4 heteroatoms. The van der Waals surface area contributed by atoms with Crippen LogP contribution in [0.1, 0.15) is 87.2 Å². The lowest BCUT2D eigenvalue weighted by Gasteiger charge is -2.29. The van der Waals surface area contributed by atoms with E-state index in [2.05, 4.69) is 55.4 Å². The van der Waals surface area contributed by atoms with Crippen molar-refractivity contribution in [2.24, 2.45) is 11.1 Å². The number of ketones is 1. The van der Waals surface area contributed by atoms with E-state index in [9.17, 15) is 9.59 Å². The maximum absolute atomic E-state index is 13.5. The van der Waals surface area contributed by atoms with Gasteiger partial charge in [-0.15, -0.1) is 0 Å². The molecule has 31 heavy (non-hydrogen) atoms. The van der Waals surface area contributed by atoms with E-state index in [0.717, 1.165) is 25.7 Å². The second-order valence-corrected chi connectivity index (χ2v) is 8.90. The summed E-state index contributed by atoms with van der Waals surface area (Å²) in [5.74, 6) is -0.201. The Morgan fingerprint density at radius 1 is 1.00 bits per heavy atom. The number of oxime groups is 1. The van der Waals surface area contributed by atoms with Crippen molar-refractivity contribution < 1.29 is 14.4 Å². The Labute approximate surface area is 184 Å². The zero-order chi connectivity index (χ0) is 22.0. The molecule has 0 aromatic heterocycles. The summed E-state index contributed by atoms with van der Waals surface area (Å²) in [5, 5.41) is 3.99. The molecule has 0 bridgehead atoms. The van der Waals surface area contributed by atoms with Crippen LogP contribution in [-0.2, 0) is 15.0 Å². The number of hydrogen-bond donors (Lipinski definition) is 0. The minimum absolute atomic E-state index is 0.0825. The molecule has 2 aliphatic rings. The zero-order valence-electron chi connectivity index (χ0n) is 18.7. The first-order valence-corrected chi connectivity index (χ1v) is 11.5. The molecule has 2 aliphatic carbocycles. The minimum atomic E-state index is -0.503. The van der Waals surface area contributed by atoms with Gasteiger partial charge in [0.2, 0.25) is 5.78 Å². The maximum Gasteiger partial charge on any atom is 0.331 e. The van der Waals surface area contributed by atoms with Gasteiger partial charge in [-0.25, -0.2) is 4.79 Å². The van der Waals surface area contributed by atoms with Gasteiger partial charge in [-0.05, 0) is 53.5 Å². The highest BCUT2D eigenvalue weighted by Gasteiger charge is 2.40. The summed E-state index contributed by atoms with van der Waals surface area (Å²) in [5.41, 5.74) is 5.94. The summed E-state index contributed by atoms with van der Waals surface area (Å²) in [4.78, 5) is 29.7. The van der Waals surface area contributed by atoms with Crippen LogP contribution in [0.15, 0.2) is 47.6 Å². The molecule has 0 spiro atoms. The summed E-state index contributed by atoms with van der Waals surface area (Å²) in [6.45, 7) is 5.75. The maximum atomic E-state index is 13.5. The molecule has 4 rings (SSSR count). The largest absolute Gasteiger partial charge is 0.331 e. The molecule has 0 aliphatic heterocycles. The molecular weight excluding hydrogens is 386 g/mol. The Hall–Kier alpha value is -2.75. The van der Waals surface area contributed by atoms with E-state index in [-0.39, 0.29) is 11.2 Å².